The van der Waals surface area contributed by atoms with Crippen molar-refractivity contribution in [1.82, 2.24) is 9.80 Å². The molecule has 0 radical (unpaired) electrons. The molecule has 1 fully saturated rings. The van der Waals surface area contributed by atoms with Gasteiger partial charge in [0.15, 0.2) is 0 Å². The highest BCUT2D eigenvalue weighted by Crippen LogP contribution is 2.22. The van der Waals surface area contributed by atoms with Crippen molar-refractivity contribution < 1.29 is 22.8 Å². The molecule has 0 bridgehead atoms. The van der Waals surface area contributed by atoms with Crippen molar-refractivity contribution in [2.45, 2.75) is 0 Å². The Morgan fingerprint density at radius 3 is 2.04 bits per heavy atom. The Hall–Kier alpha value is -2.54. The Morgan fingerprint density at radius 1 is 0.846 bits per heavy atom. The first-order chi connectivity index (χ1) is 12.4. The van der Waals surface area contributed by atoms with E-state index < -0.39 is 29.3 Å². The van der Waals surface area contributed by atoms with Gasteiger partial charge in [0.25, 0.3) is 11.8 Å². The predicted octanol–water partition coefficient (Wildman–Crippen LogP) is 3.36. The van der Waals surface area contributed by atoms with E-state index in [1.165, 1.54) is 21.9 Å². The molecule has 0 atom stereocenters. The van der Waals surface area contributed by atoms with E-state index in [-0.39, 0.29) is 42.3 Å². The van der Waals surface area contributed by atoms with Crippen LogP contribution in [0.3, 0.4) is 0 Å². The van der Waals surface area contributed by atoms with Crippen molar-refractivity contribution >= 4 is 23.4 Å². The SMILES string of the molecule is O=C(c1ccc(F)cc1F)N1CCN(C(=O)c2c(F)cccc2Cl)CC1. The van der Waals surface area contributed by atoms with Gasteiger partial charge in [-0.05, 0) is 24.3 Å². The van der Waals surface area contributed by atoms with E-state index in [1.807, 2.05) is 0 Å². The van der Waals surface area contributed by atoms with Gasteiger partial charge in [-0.25, -0.2) is 13.2 Å². The van der Waals surface area contributed by atoms with E-state index in [2.05, 4.69) is 0 Å². The average Bonchev–Trinajstić information content (AvgIpc) is 2.61. The molecule has 8 heteroatoms. The molecule has 0 saturated carbocycles. The number of carbonyl (C=O) groups is 2. The summed E-state index contributed by atoms with van der Waals surface area (Å²) in [5, 5.41) is 0.0156. The maximum atomic E-state index is 13.9. The molecule has 4 nitrogen and oxygen atoms in total. The molecule has 2 amide bonds. The number of nitrogens with zero attached hydrogens (tertiary/aromatic N) is 2. The second-order valence-corrected chi connectivity index (χ2v) is 6.21. The van der Waals surface area contributed by atoms with Crippen LogP contribution in [0.2, 0.25) is 5.02 Å². The Balaban J connectivity index is 1.69. The summed E-state index contributed by atoms with van der Waals surface area (Å²) < 4.78 is 40.6. The number of halogens is 4. The lowest BCUT2D eigenvalue weighted by atomic mass is 10.1. The molecule has 2 aromatic carbocycles. The number of hydrogen-bond donors (Lipinski definition) is 0. The minimum atomic E-state index is -0.938. The first-order valence-electron chi connectivity index (χ1n) is 7.86. The van der Waals surface area contributed by atoms with Crippen molar-refractivity contribution in [3.8, 4) is 0 Å². The molecule has 2 aromatic rings. The number of benzene rings is 2. The molecule has 1 heterocycles. The Bertz CT molecular complexity index is 847. The third kappa shape index (κ3) is 3.53. The monoisotopic (exact) mass is 382 g/mol. The zero-order chi connectivity index (χ0) is 18.8. The van der Waals surface area contributed by atoms with Gasteiger partial charge < -0.3 is 9.80 Å². The highest BCUT2D eigenvalue weighted by atomic mass is 35.5. The summed E-state index contributed by atoms with van der Waals surface area (Å²) in [4.78, 5) is 27.6. The van der Waals surface area contributed by atoms with Crippen LogP contribution in [0.5, 0.6) is 0 Å². The lowest BCUT2D eigenvalue weighted by Gasteiger charge is -2.35. The van der Waals surface area contributed by atoms with E-state index in [1.54, 1.807) is 0 Å². The highest BCUT2D eigenvalue weighted by molar-refractivity contribution is 6.33. The minimum Gasteiger partial charge on any atom is -0.335 e. The van der Waals surface area contributed by atoms with Crippen LogP contribution in [0.1, 0.15) is 20.7 Å². The van der Waals surface area contributed by atoms with Crippen LogP contribution in [-0.4, -0.2) is 47.8 Å². The van der Waals surface area contributed by atoms with E-state index in [0.29, 0.717) is 6.07 Å². The molecular weight excluding hydrogens is 369 g/mol. The fourth-order valence-electron chi connectivity index (χ4n) is 2.81. The number of piperazine rings is 1. The van der Waals surface area contributed by atoms with E-state index in [0.717, 1.165) is 18.2 Å². The molecule has 1 saturated heterocycles. The third-order valence-corrected chi connectivity index (χ3v) is 4.51. The largest absolute Gasteiger partial charge is 0.335 e. The number of rotatable bonds is 2. The normalized spacial score (nSPS) is 14.5. The summed E-state index contributed by atoms with van der Waals surface area (Å²) in [5.41, 5.74) is -0.443. The second kappa shape index (κ2) is 7.37. The molecule has 0 unspecified atom stereocenters. The Kier molecular flexibility index (Phi) is 5.18. The molecular formula is C18H14ClF3N2O2. The van der Waals surface area contributed by atoms with Gasteiger partial charge in [-0.2, -0.15) is 0 Å². The summed E-state index contributed by atoms with van der Waals surface area (Å²) in [6, 6.07) is 6.72. The van der Waals surface area contributed by atoms with Crippen molar-refractivity contribution in [3.63, 3.8) is 0 Å². The number of hydrogen-bond acceptors (Lipinski definition) is 2. The van der Waals surface area contributed by atoms with E-state index in [4.69, 9.17) is 11.6 Å². The molecule has 26 heavy (non-hydrogen) atoms. The zero-order valence-electron chi connectivity index (χ0n) is 13.5. The minimum absolute atomic E-state index is 0.0156. The van der Waals surface area contributed by atoms with Gasteiger partial charge in [-0.1, -0.05) is 17.7 Å². The maximum Gasteiger partial charge on any atom is 0.258 e. The summed E-state index contributed by atoms with van der Waals surface area (Å²) >= 11 is 5.91. The van der Waals surface area contributed by atoms with E-state index in [9.17, 15) is 22.8 Å². The van der Waals surface area contributed by atoms with Crippen LogP contribution >= 0.6 is 11.6 Å². The lowest BCUT2D eigenvalue weighted by molar-refractivity contribution is 0.0530. The molecule has 3 rings (SSSR count). The first kappa shape index (κ1) is 18.3. The lowest BCUT2D eigenvalue weighted by Crippen LogP contribution is -2.50. The van der Waals surface area contributed by atoms with Crippen LogP contribution in [0, 0.1) is 17.5 Å². The highest BCUT2D eigenvalue weighted by Gasteiger charge is 2.29. The van der Waals surface area contributed by atoms with Crippen molar-refractivity contribution in [2.75, 3.05) is 26.2 Å². The van der Waals surface area contributed by atoms with Crippen molar-refractivity contribution in [3.05, 3.63) is 70.0 Å². The summed E-state index contributed by atoms with van der Waals surface area (Å²) in [6.07, 6.45) is 0. The molecule has 0 aromatic heterocycles. The van der Waals surface area contributed by atoms with Crippen LogP contribution in [0.4, 0.5) is 13.2 Å². The van der Waals surface area contributed by atoms with Gasteiger partial charge in [-0.3, -0.25) is 9.59 Å². The molecule has 0 N–H and O–H groups in total. The fraction of sp³-hybridized carbons (Fsp3) is 0.222. The second-order valence-electron chi connectivity index (χ2n) is 5.81. The Morgan fingerprint density at radius 2 is 1.46 bits per heavy atom. The molecule has 0 spiro atoms. The average molecular weight is 383 g/mol. The van der Waals surface area contributed by atoms with E-state index >= 15 is 0 Å². The van der Waals surface area contributed by atoms with Crippen LogP contribution in [0.25, 0.3) is 0 Å². The number of carbonyl (C=O) groups excluding carboxylic acids is 2. The van der Waals surface area contributed by atoms with Crippen molar-refractivity contribution in [1.29, 1.82) is 0 Å². The quantitative estimate of drug-likeness (QED) is 0.799. The molecule has 136 valence electrons. The number of amides is 2. The standard InChI is InChI=1S/C18H14ClF3N2O2/c19-13-2-1-3-14(21)16(13)18(26)24-8-6-23(7-9-24)17(25)12-5-4-11(20)10-15(12)22/h1-5,10H,6-9H2. The van der Waals surface area contributed by atoms with Crippen LogP contribution in [0.15, 0.2) is 36.4 Å². The Labute approximate surface area is 152 Å². The maximum absolute atomic E-state index is 13.9. The summed E-state index contributed by atoms with van der Waals surface area (Å²) in [6.45, 7) is 0.594. The topological polar surface area (TPSA) is 40.6 Å². The summed E-state index contributed by atoms with van der Waals surface area (Å²) in [7, 11) is 0. The van der Waals surface area contributed by atoms with Gasteiger partial charge in [0.2, 0.25) is 0 Å². The van der Waals surface area contributed by atoms with Gasteiger partial charge in [0, 0.05) is 32.2 Å². The van der Waals surface area contributed by atoms with Gasteiger partial charge in [-0.15, -0.1) is 0 Å². The van der Waals surface area contributed by atoms with Gasteiger partial charge >= 0.3 is 0 Å². The van der Waals surface area contributed by atoms with Crippen molar-refractivity contribution in [2.24, 2.45) is 0 Å². The zero-order valence-corrected chi connectivity index (χ0v) is 14.3. The van der Waals surface area contributed by atoms with Crippen LogP contribution in [-0.2, 0) is 0 Å². The predicted molar refractivity (Wildman–Crippen MR) is 89.6 cm³/mol. The van der Waals surface area contributed by atoms with Gasteiger partial charge in [0.05, 0.1) is 16.1 Å². The molecule has 1 aliphatic heterocycles. The smallest absolute Gasteiger partial charge is 0.258 e. The summed E-state index contributed by atoms with van der Waals surface area (Å²) in [5.74, 6) is -3.57. The van der Waals surface area contributed by atoms with Gasteiger partial charge in [0.1, 0.15) is 17.5 Å². The first-order valence-corrected chi connectivity index (χ1v) is 8.24. The molecule has 1 aliphatic rings. The molecule has 0 aliphatic carbocycles. The fourth-order valence-corrected chi connectivity index (χ4v) is 3.05. The van der Waals surface area contributed by atoms with Crippen LogP contribution < -0.4 is 0 Å². The third-order valence-electron chi connectivity index (χ3n) is 4.19.